The zero-order chi connectivity index (χ0) is 42.5. The first-order chi connectivity index (χ1) is 28.9. The number of nitrogens with zero attached hydrogens (tertiary/aromatic N) is 4. The van der Waals surface area contributed by atoms with Gasteiger partial charge in [0.05, 0.1) is 0 Å². The van der Waals surface area contributed by atoms with Crippen LogP contribution in [-0.2, 0) is 53.0 Å². The fraction of sp³-hybridized carbons (Fsp3) is 0.148. The van der Waals surface area contributed by atoms with Crippen molar-refractivity contribution in [3.63, 3.8) is 0 Å². The fourth-order valence-corrected chi connectivity index (χ4v) is 5.86. The monoisotopic (exact) mass is 1170 g/mol. The van der Waals surface area contributed by atoms with Crippen molar-refractivity contribution in [1.29, 1.82) is 0 Å². The van der Waals surface area contributed by atoms with Crippen molar-refractivity contribution in [3.05, 3.63) is 207 Å². The van der Waals surface area contributed by atoms with Crippen LogP contribution in [0.1, 0.15) is 52.7 Å². The molecule has 4 aromatic heterocycles. The molecule has 8 aromatic rings. The van der Waals surface area contributed by atoms with Gasteiger partial charge < -0.3 is 66.8 Å². The van der Waals surface area contributed by atoms with Crippen LogP contribution in [-0.4, -0.2) is 19.1 Å². The molecular weight excluding hydrogens is 1130 g/mol. The van der Waals surface area contributed by atoms with Gasteiger partial charge in [-0.2, -0.15) is 12.1 Å². The number of ether oxygens (including phenoxy) is 2. The summed E-state index contributed by atoms with van der Waals surface area (Å²) in [6.45, 7) is 13.3. The molecule has 0 saturated heterocycles. The largest absolute Gasteiger partial charge is 0.669 e. The van der Waals surface area contributed by atoms with Crippen molar-refractivity contribution in [2.24, 2.45) is 0 Å². The van der Waals surface area contributed by atoms with Gasteiger partial charge in [-0.25, -0.2) is 22.1 Å². The molecule has 8 heteroatoms. The molecule has 6 nitrogen and oxygen atoms in total. The normalized spacial score (nSPS) is 10.5. The third kappa shape index (κ3) is 13.9. The minimum atomic E-state index is 0. The Balaban J connectivity index is 0.000000447. The Kier molecular flexibility index (Phi) is 17.7. The Hall–Kier alpha value is -6.16. The van der Waals surface area contributed by atoms with E-state index in [1.54, 1.807) is 58.4 Å². The quantitative estimate of drug-likeness (QED) is 0.118. The Bertz CT molecular complexity index is 2530. The van der Waals surface area contributed by atoms with Crippen LogP contribution in [0.25, 0.3) is 33.4 Å². The zero-order valence-corrected chi connectivity index (χ0v) is 39.8. The van der Waals surface area contributed by atoms with Gasteiger partial charge in [0.1, 0.15) is 0 Å². The molecule has 0 N–H and O–H groups in total. The second-order valence-electron chi connectivity index (χ2n) is 15.7. The molecule has 318 valence electrons. The van der Waals surface area contributed by atoms with Crippen LogP contribution in [0.2, 0.25) is 0 Å². The van der Waals surface area contributed by atoms with Crippen LogP contribution in [0.4, 0.5) is 0 Å². The Morgan fingerprint density at radius 3 is 1.21 bits per heavy atom. The van der Waals surface area contributed by atoms with E-state index in [2.05, 4.69) is 136 Å². The van der Waals surface area contributed by atoms with E-state index in [4.69, 9.17) is 22.3 Å². The third-order valence-corrected chi connectivity index (χ3v) is 9.16. The van der Waals surface area contributed by atoms with Crippen molar-refractivity contribution in [2.75, 3.05) is 0 Å². The van der Waals surface area contributed by atoms with Crippen LogP contribution in [0.15, 0.2) is 159 Å². The SMILES string of the molecule is CC(C)(C)c1cccc(-c2ccnc(Oc3[c-]c(-c4[c-]ccc(Oc5cc(-c6cccc(C(C)(C)C)c6)ccn5)[c-]4)[c-]cc3)c2)c1.[C-]#Cn1cccc1.[C-]#Cn1cccc1.[Pt].[Pt]. The molecule has 0 spiro atoms. The van der Waals surface area contributed by atoms with Gasteiger partial charge in [-0.1, -0.05) is 102 Å². The van der Waals surface area contributed by atoms with Crippen LogP contribution in [0.3, 0.4) is 0 Å². The predicted octanol–water partition coefficient (Wildman–Crippen LogP) is 12.6. The maximum Gasteiger partial charge on any atom is 0.216 e. The molecule has 0 amide bonds. The standard InChI is InChI=1S/C42H36N2O2.2C6H4N.2Pt/c1-41(2,3)35-15-7-11-29(23-35)33-19-21-43-39(27-33)45-37-17-9-13-31(25-37)32-14-10-18-38(26-32)46-40-28-34(20-22-44-40)30-12-8-16-36(24-30)42(4,5)6;2*1-2-7-5-3-4-6-7;;/h7-12,15-24,27-28H,1-6H3;2*3-6H;;/q-4;2*-1;;. The summed E-state index contributed by atoms with van der Waals surface area (Å²) in [5.41, 5.74) is 8.26. The van der Waals surface area contributed by atoms with Gasteiger partial charge >= 0.3 is 0 Å². The molecule has 0 bridgehead atoms. The molecule has 4 heterocycles. The summed E-state index contributed by atoms with van der Waals surface area (Å²) < 4.78 is 15.4. The molecule has 0 atom stereocenters. The molecule has 0 aliphatic rings. The summed E-state index contributed by atoms with van der Waals surface area (Å²) in [6.07, 6.45) is 23.7. The minimum absolute atomic E-state index is 0. The minimum Gasteiger partial charge on any atom is -0.669 e. The van der Waals surface area contributed by atoms with Crippen molar-refractivity contribution >= 4 is 0 Å². The molecule has 0 saturated carbocycles. The summed E-state index contributed by atoms with van der Waals surface area (Å²) in [5, 5.41) is 0. The summed E-state index contributed by atoms with van der Waals surface area (Å²) in [6, 6.07) is 57.0. The first-order valence-corrected chi connectivity index (χ1v) is 19.4. The fourth-order valence-electron chi connectivity index (χ4n) is 5.86. The van der Waals surface area contributed by atoms with Crippen molar-refractivity contribution in [1.82, 2.24) is 19.1 Å². The number of hydrogen-bond acceptors (Lipinski definition) is 4. The van der Waals surface area contributed by atoms with Crippen molar-refractivity contribution in [3.8, 4) is 68.7 Å². The van der Waals surface area contributed by atoms with Crippen LogP contribution >= 0.6 is 0 Å². The molecule has 0 unspecified atom stereocenters. The van der Waals surface area contributed by atoms with Crippen molar-refractivity contribution < 1.29 is 51.6 Å². The smallest absolute Gasteiger partial charge is 0.216 e. The average Bonchev–Trinajstić information content (AvgIpc) is 4.00. The third-order valence-electron chi connectivity index (χ3n) is 9.16. The van der Waals surface area contributed by atoms with Gasteiger partial charge in [-0.15, -0.1) is 0 Å². The number of hydrogen-bond donors (Lipinski definition) is 0. The molecule has 0 radical (unpaired) electrons. The maximum atomic E-state index is 6.57. The topological polar surface area (TPSA) is 54.1 Å². The summed E-state index contributed by atoms with van der Waals surface area (Å²) in [7, 11) is 0. The molecule has 8 rings (SSSR count). The summed E-state index contributed by atoms with van der Waals surface area (Å²) in [5.74, 6) is 2.00. The van der Waals surface area contributed by atoms with Crippen LogP contribution in [0, 0.1) is 49.2 Å². The second kappa shape index (κ2) is 22.6. The van der Waals surface area contributed by atoms with Gasteiger partial charge in [-0.05, 0) is 80.6 Å². The Morgan fingerprint density at radius 1 is 0.500 bits per heavy atom. The summed E-state index contributed by atoms with van der Waals surface area (Å²) in [4.78, 5) is 8.89. The predicted molar refractivity (Wildman–Crippen MR) is 238 cm³/mol. The second-order valence-corrected chi connectivity index (χ2v) is 15.7. The van der Waals surface area contributed by atoms with Gasteiger partial charge in [0.15, 0.2) is 0 Å². The van der Waals surface area contributed by atoms with E-state index in [9.17, 15) is 0 Å². The van der Waals surface area contributed by atoms with E-state index < -0.39 is 0 Å². The zero-order valence-electron chi connectivity index (χ0n) is 35.2. The average molecular weight is 1170 g/mol. The van der Waals surface area contributed by atoms with Gasteiger partial charge in [-0.3, -0.25) is 12.1 Å². The van der Waals surface area contributed by atoms with Crippen LogP contribution in [0.5, 0.6) is 23.3 Å². The van der Waals surface area contributed by atoms with E-state index in [1.165, 1.54) is 11.1 Å². The van der Waals surface area contributed by atoms with E-state index in [-0.39, 0.29) is 53.0 Å². The summed E-state index contributed by atoms with van der Waals surface area (Å²) >= 11 is 0. The first-order valence-electron chi connectivity index (χ1n) is 19.4. The maximum absolute atomic E-state index is 6.57. The number of rotatable bonds is 7. The van der Waals surface area contributed by atoms with E-state index in [1.807, 2.05) is 60.7 Å². The van der Waals surface area contributed by atoms with Crippen LogP contribution < -0.4 is 9.47 Å². The molecule has 0 aliphatic heterocycles. The van der Waals surface area contributed by atoms with Gasteiger partial charge in [0.2, 0.25) is 11.8 Å². The molecule has 0 fully saturated rings. The Morgan fingerprint density at radius 2 is 0.871 bits per heavy atom. The Labute approximate surface area is 396 Å². The number of aromatic nitrogens is 4. The van der Waals surface area contributed by atoms with Gasteiger partial charge in [0.25, 0.3) is 0 Å². The van der Waals surface area contributed by atoms with E-state index in [0.29, 0.717) is 34.4 Å². The molecule has 0 aliphatic carbocycles. The number of pyridine rings is 2. The van der Waals surface area contributed by atoms with Gasteiger partial charge in [0, 0.05) is 91.4 Å². The van der Waals surface area contributed by atoms with E-state index in [0.717, 1.165) is 22.3 Å². The molecular formula is C54H44N4O2Pt2-6. The first kappa shape index (κ1) is 48.5. The number of benzene rings is 4. The molecule has 4 aromatic carbocycles. The molecule has 62 heavy (non-hydrogen) atoms. The van der Waals surface area contributed by atoms with E-state index >= 15 is 0 Å². The van der Waals surface area contributed by atoms with Crippen molar-refractivity contribution in [2.45, 2.75) is 52.4 Å².